The van der Waals surface area contributed by atoms with Crippen LogP contribution in [0.4, 0.5) is 0 Å². The van der Waals surface area contributed by atoms with Gasteiger partial charge in [0.25, 0.3) is 0 Å². The molecule has 0 aliphatic heterocycles. The van der Waals surface area contributed by atoms with Crippen LogP contribution in [0.25, 0.3) is 0 Å². The maximum atomic E-state index is 2.82. The summed E-state index contributed by atoms with van der Waals surface area (Å²) >= 11 is 0. The summed E-state index contributed by atoms with van der Waals surface area (Å²) in [5.74, 6) is 0. The molecule has 0 unspecified atom stereocenters. The minimum atomic E-state index is -1.29. The van der Waals surface area contributed by atoms with Crippen molar-refractivity contribution in [3.63, 3.8) is 0 Å². The molecule has 3 heteroatoms. The van der Waals surface area contributed by atoms with Gasteiger partial charge in [0.05, 0.1) is 0 Å². The maximum Gasteiger partial charge on any atom is 0.112 e. The Hall–Kier alpha value is 0.394. The van der Waals surface area contributed by atoms with Crippen LogP contribution in [0.1, 0.15) is 0 Å². The first-order valence-corrected chi connectivity index (χ1v) is 13.3. The van der Waals surface area contributed by atoms with Gasteiger partial charge in [0.1, 0.15) is 16.5 Å². The van der Waals surface area contributed by atoms with E-state index >= 15 is 0 Å². The van der Waals surface area contributed by atoms with E-state index in [1.165, 1.54) is 0 Å². The van der Waals surface area contributed by atoms with Crippen LogP contribution in [0.3, 0.4) is 0 Å². The van der Waals surface area contributed by atoms with Gasteiger partial charge in [-0.25, -0.2) is 0 Å². The summed E-state index contributed by atoms with van der Waals surface area (Å²) in [6.07, 6.45) is 15.3. The predicted octanol–water partition coefficient (Wildman–Crippen LogP) is 3.77. The normalized spacial score (nSPS) is 21.4. The summed E-state index contributed by atoms with van der Waals surface area (Å²) in [4.78, 5) is 0. The first-order valence-electron chi connectivity index (χ1n) is 6.37. The maximum absolute atomic E-state index is 2.82. The summed E-state index contributed by atoms with van der Waals surface area (Å²) in [6, 6.07) is 0.467. The SMILES string of the molecule is C[Si](C)(C)N(C1[CH][CH][CH][CH][CH][CH][CH]1)[Si](C)(C)C. The lowest BCUT2D eigenvalue weighted by Crippen LogP contribution is -2.63. The quantitative estimate of drug-likeness (QED) is 0.701. The molecular weight excluding hydrogens is 238 g/mol. The highest BCUT2D eigenvalue weighted by molar-refractivity contribution is 6.89. The Kier molecular flexibility index (Phi) is 5.48. The molecular formula is C14H26NSi2. The molecule has 1 nitrogen and oxygen atoms in total. The van der Waals surface area contributed by atoms with Crippen LogP contribution in [-0.2, 0) is 0 Å². The Morgan fingerprint density at radius 2 is 1.00 bits per heavy atom. The van der Waals surface area contributed by atoms with E-state index in [9.17, 15) is 0 Å². The van der Waals surface area contributed by atoms with Gasteiger partial charge >= 0.3 is 0 Å². The first kappa shape index (κ1) is 15.5. The molecule has 0 bridgehead atoms. The fourth-order valence-electron chi connectivity index (χ4n) is 2.69. The molecule has 0 amide bonds. The van der Waals surface area contributed by atoms with Crippen molar-refractivity contribution in [2.45, 2.75) is 45.3 Å². The highest BCUT2D eigenvalue weighted by Crippen LogP contribution is 2.28. The Labute approximate surface area is 111 Å². The second kappa shape index (κ2) is 6.02. The van der Waals surface area contributed by atoms with Crippen molar-refractivity contribution in [3.05, 3.63) is 44.9 Å². The summed E-state index contributed by atoms with van der Waals surface area (Å²) in [7, 11) is -2.59. The predicted molar refractivity (Wildman–Crippen MR) is 82.4 cm³/mol. The van der Waals surface area contributed by atoms with Crippen molar-refractivity contribution in [1.82, 2.24) is 4.23 Å². The van der Waals surface area contributed by atoms with Crippen LogP contribution >= 0.6 is 0 Å². The Bertz CT molecular complexity index is 205. The summed E-state index contributed by atoms with van der Waals surface area (Å²) in [5.41, 5.74) is 0. The first-order chi connectivity index (χ1) is 7.73. The van der Waals surface area contributed by atoms with Gasteiger partial charge in [-0.05, 0) is 44.9 Å². The summed E-state index contributed by atoms with van der Waals surface area (Å²) in [5, 5.41) is 0. The molecule has 7 radical (unpaired) electrons. The topological polar surface area (TPSA) is 3.24 Å². The fourth-order valence-corrected chi connectivity index (χ4v) is 12.9. The molecule has 1 rings (SSSR count). The molecule has 1 fully saturated rings. The molecule has 1 aliphatic rings. The highest BCUT2D eigenvalue weighted by atomic mass is 28.4. The highest BCUT2D eigenvalue weighted by Gasteiger charge is 2.39. The van der Waals surface area contributed by atoms with Crippen LogP contribution < -0.4 is 0 Å². The lowest BCUT2D eigenvalue weighted by molar-refractivity contribution is 0.545. The van der Waals surface area contributed by atoms with Gasteiger partial charge in [-0.1, -0.05) is 39.3 Å². The van der Waals surface area contributed by atoms with E-state index in [4.69, 9.17) is 0 Å². The standard InChI is InChI=1S/C14H26NSi2/c1-16(2,3)15(17(4,5)6)14-12-10-8-7-9-11-13-14/h7-14H,1-6H3. The van der Waals surface area contributed by atoms with Gasteiger partial charge in [-0.15, -0.1) is 0 Å². The molecule has 0 spiro atoms. The molecule has 95 valence electrons. The van der Waals surface area contributed by atoms with Crippen molar-refractivity contribution < 1.29 is 0 Å². The van der Waals surface area contributed by atoms with E-state index in [-0.39, 0.29) is 0 Å². The van der Waals surface area contributed by atoms with E-state index in [1.807, 2.05) is 0 Å². The van der Waals surface area contributed by atoms with Gasteiger partial charge in [0, 0.05) is 6.04 Å². The van der Waals surface area contributed by atoms with Crippen LogP contribution in [-0.4, -0.2) is 26.7 Å². The second-order valence-corrected chi connectivity index (χ2v) is 16.6. The van der Waals surface area contributed by atoms with Gasteiger partial charge in [0.2, 0.25) is 0 Å². The van der Waals surface area contributed by atoms with Crippen LogP contribution in [0.2, 0.25) is 39.3 Å². The smallest absolute Gasteiger partial charge is 0.112 e. The van der Waals surface area contributed by atoms with Gasteiger partial charge in [-0.2, -0.15) is 0 Å². The van der Waals surface area contributed by atoms with Gasteiger partial charge in [-0.3, -0.25) is 0 Å². The van der Waals surface area contributed by atoms with Crippen LogP contribution in [0.5, 0.6) is 0 Å². The Morgan fingerprint density at radius 1 is 0.647 bits per heavy atom. The Morgan fingerprint density at radius 3 is 1.35 bits per heavy atom. The average molecular weight is 265 g/mol. The van der Waals surface area contributed by atoms with Crippen molar-refractivity contribution in [3.8, 4) is 0 Å². The average Bonchev–Trinajstić information content (AvgIpc) is 2.04. The molecule has 17 heavy (non-hydrogen) atoms. The Balaban J connectivity index is 2.80. The van der Waals surface area contributed by atoms with Gasteiger partial charge < -0.3 is 4.23 Å². The third-order valence-corrected chi connectivity index (χ3v) is 10.3. The summed E-state index contributed by atoms with van der Waals surface area (Å²) in [6.45, 7) is 14.7. The van der Waals surface area contributed by atoms with E-state index in [2.05, 4.69) is 88.5 Å². The van der Waals surface area contributed by atoms with Crippen molar-refractivity contribution in [2.24, 2.45) is 0 Å². The molecule has 0 atom stereocenters. The van der Waals surface area contributed by atoms with E-state index < -0.39 is 16.5 Å². The monoisotopic (exact) mass is 264 g/mol. The third kappa shape index (κ3) is 4.88. The molecule has 1 saturated carbocycles. The molecule has 1 aliphatic carbocycles. The second-order valence-electron chi connectivity index (χ2n) is 6.55. The van der Waals surface area contributed by atoms with Gasteiger partial charge in [0.15, 0.2) is 0 Å². The molecule has 0 aromatic carbocycles. The van der Waals surface area contributed by atoms with E-state index in [0.717, 1.165) is 0 Å². The lowest BCUT2D eigenvalue weighted by atomic mass is 9.97. The fraction of sp³-hybridized carbons (Fsp3) is 0.500. The largest absolute Gasteiger partial charge is 0.343 e. The molecule has 0 aromatic rings. The summed E-state index contributed by atoms with van der Waals surface area (Å²) < 4.78 is 2.82. The van der Waals surface area contributed by atoms with Crippen molar-refractivity contribution >= 4 is 16.5 Å². The third-order valence-electron chi connectivity index (χ3n) is 2.80. The lowest BCUT2D eigenvalue weighted by Gasteiger charge is -2.49. The molecule has 0 heterocycles. The van der Waals surface area contributed by atoms with Crippen LogP contribution in [0.15, 0.2) is 0 Å². The molecule has 0 N–H and O–H groups in total. The number of rotatable bonds is 3. The number of hydrogen-bond donors (Lipinski definition) is 0. The molecule has 0 saturated heterocycles. The number of nitrogens with zero attached hydrogens (tertiary/aromatic N) is 1. The van der Waals surface area contributed by atoms with Crippen molar-refractivity contribution in [2.75, 3.05) is 0 Å². The minimum absolute atomic E-state index is 0.467. The van der Waals surface area contributed by atoms with Crippen LogP contribution in [0, 0.1) is 44.9 Å². The zero-order valence-corrected chi connectivity index (χ0v) is 14.1. The molecule has 0 aromatic heterocycles. The number of hydrogen-bond acceptors (Lipinski definition) is 1. The zero-order chi connectivity index (χ0) is 13.1. The van der Waals surface area contributed by atoms with E-state index in [0.29, 0.717) is 6.04 Å². The zero-order valence-electron chi connectivity index (χ0n) is 12.1. The van der Waals surface area contributed by atoms with E-state index in [1.54, 1.807) is 0 Å². The van der Waals surface area contributed by atoms with Crippen molar-refractivity contribution in [1.29, 1.82) is 0 Å². The minimum Gasteiger partial charge on any atom is -0.343 e.